The molecule has 3 rings (SSSR count). The summed E-state index contributed by atoms with van der Waals surface area (Å²) in [4.78, 5) is 0. The standard InChI is InChI=1S/C9H14O2/c1-2-7-9-6(4-10-7)5-11-8(9)3-1/h6-9H,1-5H2. The molecule has 3 aliphatic rings. The first-order valence-corrected chi connectivity index (χ1v) is 4.68. The maximum absolute atomic E-state index is 5.71. The molecular formula is C9H14O2. The Kier molecular flexibility index (Phi) is 1.29. The highest BCUT2D eigenvalue weighted by Gasteiger charge is 2.48. The maximum atomic E-state index is 5.71. The van der Waals surface area contributed by atoms with Gasteiger partial charge in [-0.2, -0.15) is 0 Å². The molecule has 0 radical (unpaired) electrons. The summed E-state index contributed by atoms with van der Waals surface area (Å²) in [6.45, 7) is 1.93. The Balaban J connectivity index is 1.88. The third kappa shape index (κ3) is 0.798. The molecule has 2 heterocycles. The van der Waals surface area contributed by atoms with E-state index in [0.717, 1.165) is 25.0 Å². The first kappa shape index (κ1) is 6.44. The van der Waals surface area contributed by atoms with Crippen LogP contribution in [-0.4, -0.2) is 25.4 Å². The predicted octanol–water partition coefficient (Wildman–Crippen LogP) is 1.20. The predicted molar refractivity (Wildman–Crippen MR) is 40.3 cm³/mol. The molecule has 2 saturated heterocycles. The molecule has 2 aliphatic heterocycles. The van der Waals surface area contributed by atoms with Crippen LogP contribution < -0.4 is 0 Å². The zero-order valence-corrected chi connectivity index (χ0v) is 6.66. The van der Waals surface area contributed by atoms with Gasteiger partial charge in [0.2, 0.25) is 0 Å². The van der Waals surface area contributed by atoms with Crippen molar-refractivity contribution in [2.45, 2.75) is 31.5 Å². The number of hydrogen-bond donors (Lipinski definition) is 0. The van der Waals surface area contributed by atoms with E-state index >= 15 is 0 Å². The van der Waals surface area contributed by atoms with E-state index in [2.05, 4.69) is 0 Å². The van der Waals surface area contributed by atoms with Crippen LogP contribution in [0.15, 0.2) is 0 Å². The first-order valence-electron chi connectivity index (χ1n) is 4.68. The number of ether oxygens (including phenoxy) is 2. The molecular weight excluding hydrogens is 140 g/mol. The average Bonchev–Trinajstić information content (AvgIpc) is 2.60. The van der Waals surface area contributed by atoms with Gasteiger partial charge < -0.3 is 9.47 Å². The van der Waals surface area contributed by atoms with Crippen molar-refractivity contribution in [3.8, 4) is 0 Å². The Morgan fingerprint density at radius 2 is 1.55 bits per heavy atom. The molecule has 0 aromatic rings. The van der Waals surface area contributed by atoms with Gasteiger partial charge in [0.25, 0.3) is 0 Å². The molecule has 0 N–H and O–H groups in total. The Labute approximate surface area is 66.9 Å². The summed E-state index contributed by atoms with van der Waals surface area (Å²) in [5, 5.41) is 0. The van der Waals surface area contributed by atoms with Gasteiger partial charge in [0.1, 0.15) is 0 Å². The van der Waals surface area contributed by atoms with Gasteiger partial charge >= 0.3 is 0 Å². The summed E-state index contributed by atoms with van der Waals surface area (Å²) in [7, 11) is 0. The van der Waals surface area contributed by atoms with E-state index in [9.17, 15) is 0 Å². The van der Waals surface area contributed by atoms with Gasteiger partial charge in [0.05, 0.1) is 25.4 Å². The summed E-state index contributed by atoms with van der Waals surface area (Å²) in [5.41, 5.74) is 0. The molecule has 62 valence electrons. The third-order valence-corrected chi connectivity index (χ3v) is 3.43. The van der Waals surface area contributed by atoms with Crippen LogP contribution in [0.1, 0.15) is 19.3 Å². The van der Waals surface area contributed by atoms with Gasteiger partial charge in [-0.3, -0.25) is 0 Å². The van der Waals surface area contributed by atoms with Crippen LogP contribution >= 0.6 is 0 Å². The molecule has 11 heavy (non-hydrogen) atoms. The number of hydrogen-bond acceptors (Lipinski definition) is 2. The van der Waals surface area contributed by atoms with E-state index in [1.165, 1.54) is 19.3 Å². The summed E-state index contributed by atoms with van der Waals surface area (Å²) in [6, 6.07) is 0. The fraction of sp³-hybridized carbons (Fsp3) is 1.00. The quantitative estimate of drug-likeness (QED) is 0.522. The Morgan fingerprint density at radius 1 is 0.909 bits per heavy atom. The minimum absolute atomic E-state index is 0.557. The van der Waals surface area contributed by atoms with Crippen LogP contribution in [-0.2, 0) is 9.47 Å². The Hall–Kier alpha value is -0.0800. The first-order chi connectivity index (χ1) is 5.45. The van der Waals surface area contributed by atoms with Crippen molar-refractivity contribution in [3.63, 3.8) is 0 Å². The molecule has 0 aromatic carbocycles. The summed E-state index contributed by atoms with van der Waals surface area (Å²) in [6.07, 6.45) is 4.98. The lowest BCUT2D eigenvalue weighted by molar-refractivity contribution is -0.0184. The molecule has 0 bridgehead atoms. The molecule has 0 amide bonds. The maximum Gasteiger partial charge on any atom is 0.0632 e. The van der Waals surface area contributed by atoms with E-state index in [0.29, 0.717) is 12.2 Å². The lowest BCUT2D eigenvalue weighted by Crippen LogP contribution is -2.32. The fourth-order valence-corrected chi connectivity index (χ4v) is 2.91. The summed E-state index contributed by atoms with van der Waals surface area (Å²) >= 11 is 0. The minimum atomic E-state index is 0.557. The molecule has 1 aliphatic carbocycles. The van der Waals surface area contributed by atoms with Crippen molar-refractivity contribution in [2.24, 2.45) is 11.8 Å². The lowest BCUT2D eigenvalue weighted by atomic mass is 9.80. The van der Waals surface area contributed by atoms with Gasteiger partial charge in [-0.15, -0.1) is 0 Å². The van der Waals surface area contributed by atoms with Crippen molar-refractivity contribution in [2.75, 3.05) is 13.2 Å². The third-order valence-electron chi connectivity index (χ3n) is 3.43. The van der Waals surface area contributed by atoms with E-state index < -0.39 is 0 Å². The van der Waals surface area contributed by atoms with Gasteiger partial charge in [0, 0.05) is 11.8 Å². The van der Waals surface area contributed by atoms with Crippen LogP contribution in [0.4, 0.5) is 0 Å². The van der Waals surface area contributed by atoms with E-state index in [1.54, 1.807) is 0 Å². The number of rotatable bonds is 0. The highest BCUT2D eigenvalue weighted by molar-refractivity contribution is 4.96. The smallest absolute Gasteiger partial charge is 0.0632 e. The van der Waals surface area contributed by atoms with Crippen molar-refractivity contribution in [1.82, 2.24) is 0 Å². The van der Waals surface area contributed by atoms with Gasteiger partial charge in [-0.05, 0) is 19.3 Å². The van der Waals surface area contributed by atoms with Crippen LogP contribution in [0.2, 0.25) is 0 Å². The molecule has 2 heteroatoms. The zero-order chi connectivity index (χ0) is 7.26. The fourth-order valence-electron chi connectivity index (χ4n) is 2.91. The average molecular weight is 154 g/mol. The summed E-state index contributed by atoms with van der Waals surface area (Å²) in [5.74, 6) is 1.51. The van der Waals surface area contributed by atoms with Gasteiger partial charge in [-0.1, -0.05) is 0 Å². The highest BCUT2D eigenvalue weighted by atomic mass is 16.5. The second kappa shape index (κ2) is 2.20. The van der Waals surface area contributed by atoms with Crippen LogP contribution in [0, 0.1) is 11.8 Å². The second-order valence-electron chi connectivity index (χ2n) is 4.01. The Morgan fingerprint density at radius 3 is 2.18 bits per heavy atom. The molecule has 0 aromatic heterocycles. The van der Waals surface area contributed by atoms with Crippen molar-refractivity contribution >= 4 is 0 Å². The largest absolute Gasteiger partial charge is 0.377 e. The second-order valence-corrected chi connectivity index (χ2v) is 4.01. The normalized spacial score (nSPS) is 54.5. The van der Waals surface area contributed by atoms with Crippen LogP contribution in [0.3, 0.4) is 0 Å². The van der Waals surface area contributed by atoms with Gasteiger partial charge in [0.15, 0.2) is 0 Å². The zero-order valence-electron chi connectivity index (χ0n) is 6.66. The molecule has 2 unspecified atom stereocenters. The summed E-state index contributed by atoms with van der Waals surface area (Å²) < 4.78 is 11.4. The molecule has 1 saturated carbocycles. The Bertz CT molecular complexity index is 149. The van der Waals surface area contributed by atoms with Crippen LogP contribution in [0.5, 0.6) is 0 Å². The molecule has 2 atom stereocenters. The van der Waals surface area contributed by atoms with Gasteiger partial charge in [-0.25, -0.2) is 0 Å². The molecule has 0 spiro atoms. The minimum Gasteiger partial charge on any atom is -0.377 e. The highest BCUT2D eigenvalue weighted by Crippen LogP contribution is 2.43. The monoisotopic (exact) mass is 154 g/mol. The van der Waals surface area contributed by atoms with Crippen molar-refractivity contribution < 1.29 is 9.47 Å². The van der Waals surface area contributed by atoms with Crippen molar-refractivity contribution in [3.05, 3.63) is 0 Å². The van der Waals surface area contributed by atoms with E-state index in [4.69, 9.17) is 9.47 Å². The van der Waals surface area contributed by atoms with Crippen molar-refractivity contribution in [1.29, 1.82) is 0 Å². The topological polar surface area (TPSA) is 18.5 Å². The van der Waals surface area contributed by atoms with Crippen LogP contribution in [0.25, 0.3) is 0 Å². The lowest BCUT2D eigenvalue weighted by Gasteiger charge is -2.28. The SMILES string of the molecule is C1CC2OCC3COC(C1)C32. The molecule has 3 fully saturated rings. The molecule has 2 nitrogen and oxygen atoms in total. The van der Waals surface area contributed by atoms with E-state index in [1.807, 2.05) is 0 Å². The van der Waals surface area contributed by atoms with E-state index in [-0.39, 0.29) is 0 Å².